The van der Waals surface area contributed by atoms with Crippen LogP contribution in [0, 0.1) is 23.3 Å². The van der Waals surface area contributed by atoms with Crippen LogP contribution in [0.3, 0.4) is 0 Å². The molecular formula is C32H26F4O2. The Morgan fingerprint density at radius 2 is 1.26 bits per heavy atom. The molecule has 0 spiro atoms. The van der Waals surface area contributed by atoms with Crippen molar-refractivity contribution in [3.8, 4) is 33.8 Å². The van der Waals surface area contributed by atoms with Crippen molar-refractivity contribution in [1.82, 2.24) is 0 Å². The van der Waals surface area contributed by atoms with Crippen LogP contribution in [-0.2, 0) is 0 Å². The fourth-order valence-electron chi connectivity index (χ4n) is 3.89. The molecule has 0 saturated carbocycles. The molecule has 0 aliphatic carbocycles. The first-order valence-electron chi connectivity index (χ1n) is 12.1. The lowest BCUT2D eigenvalue weighted by molar-refractivity contribution is 0.301. The highest BCUT2D eigenvalue weighted by Crippen LogP contribution is 2.32. The number of hydrogen-bond donors (Lipinski definition) is 0. The van der Waals surface area contributed by atoms with Gasteiger partial charge in [0.05, 0.1) is 13.2 Å². The molecule has 0 amide bonds. The summed E-state index contributed by atoms with van der Waals surface area (Å²) in [6.07, 6.45) is 5.18. The lowest BCUT2D eigenvalue weighted by Crippen LogP contribution is -2.00. The smallest absolute Gasteiger partial charge is 0.201 e. The molecule has 0 aliphatic rings. The van der Waals surface area contributed by atoms with Crippen molar-refractivity contribution in [2.45, 2.75) is 13.3 Å². The summed E-state index contributed by atoms with van der Waals surface area (Å²) in [6.45, 7) is 6.14. The molecule has 0 aromatic heterocycles. The Bertz CT molecular complexity index is 1440. The fraction of sp³-hybridized carbons (Fsp3) is 0.125. The highest BCUT2D eigenvalue weighted by molar-refractivity contribution is 5.75. The molecule has 0 heterocycles. The maximum Gasteiger partial charge on any atom is 0.201 e. The monoisotopic (exact) mass is 518 g/mol. The van der Waals surface area contributed by atoms with Crippen molar-refractivity contribution in [2.75, 3.05) is 13.2 Å². The van der Waals surface area contributed by atoms with Crippen molar-refractivity contribution in [2.24, 2.45) is 0 Å². The van der Waals surface area contributed by atoms with E-state index in [-0.39, 0.29) is 29.0 Å². The number of ether oxygens (including phenoxy) is 2. The van der Waals surface area contributed by atoms with Crippen LogP contribution in [-0.4, -0.2) is 13.2 Å². The Labute approximate surface area is 219 Å². The predicted octanol–water partition coefficient (Wildman–Crippen LogP) is 9.10. The van der Waals surface area contributed by atoms with E-state index in [1.54, 1.807) is 66.7 Å². The summed E-state index contributed by atoms with van der Waals surface area (Å²) >= 11 is 0. The minimum atomic E-state index is -1.06. The van der Waals surface area contributed by atoms with Crippen molar-refractivity contribution < 1.29 is 27.0 Å². The van der Waals surface area contributed by atoms with Gasteiger partial charge in [-0.15, -0.1) is 6.58 Å². The summed E-state index contributed by atoms with van der Waals surface area (Å²) in [4.78, 5) is 0. The van der Waals surface area contributed by atoms with E-state index >= 15 is 4.39 Å². The summed E-state index contributed by atoms with van der Waals surface area (Å²) in [5.74, 6) is -3.47. The van der Waals surface area contributed by atoms with Crippen LogP contribution in [0.25, 0.3) is 34.4 Å². The van der Waals surface area contributed by atoms with Crippen LogP contribution in [0.15, 0.2) is 85.5 Å². The van der Waals surface area contributed by atoms with E-state index in [0.717, 1.165) is 0 Å². The quantitative estimate of drug-likeness (QED) is 0.0902. The minimum Gasteiger partial charge on any atom is -0.494 e. The third-order valence-corrected chi connectivity index (χ3v) is 5.89. The molecule has 6 heteroatoms. The van der Waals surface area contributed by atoms with E-state index in [1.807, 2.05) is 6.92 Å². The lowest BCUT2D eigenvalue weighted by Gasteiger charge is -2.10. The van der Waals surface area contributed by atoms with Gasteiger partial charge in [0.2, 0.25) is 5.82 Å². The summed E-state index contributed by atoms with van der Waals surface area (Å²) in [5.41, 5.74) is 2.02. The van der Waals surface area contributed by atoms with E-state index in [1.165, 1.54) is 24.3 Å². The van der Waals surface area contributed by atoms with Gasteiger partial charge in [-0.05, 0) is 54.3 Å². The number of rotatable bonds is 10. The van der Waals surface area contributed by atoms with Crippen LogP contribution in [0.2, 0.25) is 0 Å². The largest absolute Gasteiger partial charge is 0.494 e. The van der Waals surface area contributed by atoms with Gasteiger partial charge in [0.1, 0.15) is 5.75 Å². The van der Waals surface area contributed by atoms with Gasteiger partial charge in [0, 0.05) is 16.7 Å². The van der Waals surface area contributed by atoms with Crippen molar-refractivity contribution in [3.63, 3.8) is 0 Å². The highest BCUT2D eigenvalue weighted by Gasteiger charge is 2.16. The molecule has 4 aromatic rings. The van der Waals surface area contributed by atoms with Gasteiger partial charge in [-0.3, -0.25) is 0 Å². The topological polar surface area (TPSA) is 18.5 Å². The zero-order valence-corrected chi connectivity index (χ0v) is 20.8. The van der Waals surface area contributed by atoms with Gasteiger partial charge >= 0.3 is 0 Å². The summed E-state index contributed by atoms with van der Waals surface area (Å²) in [5, 5.41) is 0. The molecule has 0 aliphatic heterocycles. The molecule has 38 heavy (non-hydrogen) atoms. The van der Waals surface area contributed by atoms with Gasteiger partial charge in [0.25, 0.3) is 0 Å². The van der Waals surface area contributed by atoms with Gasteiger partial charge in [-0.1, -0.05) is 66.8 Å². The van der Waals surface area contributed by atoms with Crippen LogP contribution in [0.1, 0.15) is 24.5 Å². The molecule has 4 rings (SSSR count). The summed E-state index contributed by atoms with van der Waals surface area (Å²) in [7, 11) is 0. The van der Waals surface area contributed by atoms with E-state index in [4.69, 9.17) is 9.47 Å². The van der Waals surface area contributed by atoms with E-state index in [2.05, 4.69) is 6.58 Å². The molecule has 4 aromatic carbocycles. The van der Waals surface area contributed by atoms with Crippen molar-refractivity contribution in [1.29, 1.82) is 0 Å². The first-order chi connectivity index (χ1) is 18.4. The normalized spacial score (nSPS) is 11.1. The Hall–Kier alpha value is -4.32. The van der Waals surface area contributed by atoms with Crippen molar-refractivity contribution in [3.05, 3.63) is 120 Å². The van der Waals surface area contributed by atoms with Gasteiger partial charge in [0.15, 0.2) is 23.2 Å². The number of halogens is 4. The summed E-state index contributed by atoms with van der Waals surface area (Å²) < 4.78 is 69.3. The predicted molar refractivity (Wildman–Crippen MR) is 144 cm³/mol. The van der Waals surface area contributed by atoms with Crippen molar-refractivity contribution >= 4 is 12.2 Å². The Balaban J connectivity index is 1.51. The number of hydrogen-bond acceptors (Lipinski definition) is 2. The van der Waals surface area contributed by atoms with Crippen LogP contribution in [0.5, 0.6) is 11.5 Å². The Morgan fingerprint density at radius 3 is 1.84 bits per heavy atom. The molecular weight excluding hydrogens is 492 g/mol. The molecule has 0 atom stereocenters. The molecule has 0 bridgehead atoms. The second-order valence-electron chi connectivity index (χ2n) is 8.41. The fourth-order valence-corrected chi connectivity index (χ4v) is 3.89. The standard InChI is InChI=1S/C32H26F4O2/c1-3-5-20-38-28-19-14-24(29(33)32(28)36)11-8-21-6-9-22(10-7-21)26-17-18-27(31(35)30(26)34)23-12-15-25(16-13-23)37-4-2/h3,6-19H,1,4-5,20H2,2H3/b11-8+. The van der Waals surface area contributed by atoms with Crippen LogP contribution < -0.4 is 9.47 Å². The van der Waals surface area contributed by atoms with E-state index < -0.39 is 23.3 Å². The maximum atomic E-state index is 15.0. The zero-order valence-electron chi connectivity index (χ0n) is 20.8. The molecule has 2 nitrogen and oxygen atoms in total. The molecule has 194 valence electrons. The zero-order chi connectivity index (χ0) is 27.1. The first kappa shape index (κ1) is 26.7. The third kappa shape index (κ3) is 5.97. The van der Waals surface area contributed by atoms with E-state index in [9.17, 15) is 13.2 Å². The third-order valence-electron chi connectivity index (χ3n) is 5.89. The second-order valence-corrected chi connectivity index (χ2v) is 8.41. The lowest BCUT2D eigenvalue weighted by atomic mass is 9.98. The highest BCUT2D eigenvalue weighted by atomic mass is 19.2. The molecule has 0 N–H and O–H groups in total. The number of benzene rings is 4. The van der Waals surface area contributed by atoms with Gasteiger partial charge in [-0.2, -0.15) is 4.39 Å². The molecule has 0 radical (unpaired) electrons. The van der Waals surface area contributed by atoms with Crippen LogP contribution >= 0.6 is 0 Å². The summed E-state index contributed by atoms with van der Waals surface area (Å²) in [6, 6.07) is 19.3. The first-order valence-corrected chi connectivity index (χ1v) is 12.1. The molecule has 0 saturated heterocycles. The van der Waals surface area contributed by atoms with E-state index in [0.29, 0.717) is 35.5 Å². The molecule has 0 unspecified atom stereocenters. The molecule has 0 fully saturated rings. The Morgan fingerprint density at radius 1 is 0.658 bits per heavy atom. The SMILES string of the molecule is C=CCCOc1ccc(/C=C/c2ccc(-c3ccc(-c4ccc(OCC)cc4)c(F)c3F)cc2)c(F)c1F. The second kappa shape index (κ2) is 12.3. The maximum absolute atomic E-state index is 15.0. The minimum absolute atomic E-state index is 0.0561. The average molecular weight is 519 g/mol. The van der Waals surface area contributed by atoms with Gasteiger partial charge < -0.3 is 9.47 Å². The average Bonchev–Trinajstić information content (AvgIpc) is 2.93. The van der Waals surface area contributed by atoms with Crippen LogP contribution in [0.4, 0.5) is 17.6 Å². The van der Waals surface area contributed by atoms with Gasteiger partial charge in [-0.25, -0.2) is 13.2 Å². The Kier molecular flexibility index (Phi) is 8.64.